The van der Waals surface area contributed by atoms with Gasteiger partial charge < -0.3 is 15.7 Å². The van der Waals surface area contributed by atoms with Gasteiger partial charge in [0.15, 0.2) is 0 Å². The number of likely N-dealkylation sites (tertiary alicyclic amines) is 1. The van der Waals surface area contributed by atoms with Crippen LogP contribution in [0, 0.1) is 0 Å². The summed E-state index contributed by atoms with van der Waals surface area (Å²) in [6, 6.07) is 7.49. The molecule has 1 unspecified atom stereocenters. The third-order valence-corrected chi connectivity index (χ3v) is 3.25. The minimum absolute atomic E-state index is 0.314. The molecule has 96 valence electrons. The van der Waals surface area contributed by atoms with Crippen molar-refractivity contribution in [3.8, 4) is 0 Å². The molecule has 1 saturated heterocycles. The summed E-state index contributed by atoms with van der Waals surface area (Å²) in [4.78, 5) is 24.6. The van der Waals surface area contributed by atoms with Gasteiger partial charge in [0, 0.05) is 6.54 Å². The van der Waals surface area contributed by atoms with E-state index in [2.05, 4.69) is 0 Å². The molecule has 1 amide bonds. The maximum Gasteiger partial charge on any atom is 0.326 e. The number of nitrogens with two attached hydrogens (primary N) is 1. The van der Waals surface area contributed by atoms with Gasteiger partial charge in [0.1, 0.15) is 12.1 Å². The lowest BCUT2D eigenvalue weighted by Gasteiger charge is -2.24. The molecule has 3 N–H and O–H groups in total. The van der Waals surface area contributed by atoms with E-state index in [0.717, 1.165) is 0 Å². The third kappa shape index (κ3) is 2.36. The van der Waals surface area contributed by atoms with Gasteiger partial charge in [0.05, 0.1) is 0 Å². The van der Waals surface area contributed by atoms with Gasteiger partial charge >= 0.3 is 5.97 Å². The Hall–Kier alpha value is -1.88. The molecule has 18 heavy (non-hydrogen) atoms. The Morgan fingerprint density at radius 3 is 2.61 bits per heavy atom. The van der Waals surface area contributed by atoms with Crippen molar-refractivity contribution in [1.82, 2.24) is 4.90 Å². The number of amides is 1. The van der Waals surface area contributed by atoms with Gasteiger partial charge in [-0.25, -0.2) is 4.79 Å². The lowest BCUT2D eigenvalue weighted by atomic mass is 10.1. The summed E-state index contributed by atoms with van der Waals surface area (Å²) in [5.74, 6) is -1.27. The molecule has 1 aromatic rings. The Balaban J connectivity index is 2.14. The fourth-order valence-electron chi connectivity index (χ4n) is 2.27. The predicted molar refractivity (Wildman–Crippen MR) is 65.7 cm³/mol. The molecule has 0 aliphatic carbocycles. The zero-order valence-electron chi connectivity index (χ0n) is 9.95. The highest BCUT2D eigenvalue weighted by atomic mass is 16.4. The first-order chi connectivity index (χ1) is 8.61. The number of hydrogen-bond donors (Lipinski definition) is 2. The van der Waals surface area contributed by atoms with Crippen LogP contribution in [0.25, 0.3) is 0 Å². The van der Waals surface area contributed by atoms with E-state index >= 15 is 0 Å². The molecule has 0 aromatic heterocycles. The van der Waals surface area contributed by atoms with Crippen LogP contribution in [0.5, 0.6) is 0 Å². The molecule has 1 aromatic carbocycles. The fourth-order valence-corrected chi connectivity index (χ4v) is 2.27. The normalized spacial score (nSPS) is 20.7. The number of nitrogens with zero attached hydrogens (tertiary/aromatic N) is 1. The number of aliphatic carboxylic acids is 1. The van der Waals surface area contributed by atoms with Crippen LogP contribution in [0.1, 0.15) is 24.4 Å². The van der Waals surface area contributed by atoms with Crippen LogP contribution in [0.15, 0.2) is 30.3 Å². The molecule has 1 aliphatic rings. The van der Waals surface area contributed by atoms with E-state index in [-0.39, 0.29) is 5.91 Å². The Labute approximate surface area is 105 Å². The SMILES string of the molecule is NC(C(=O)N1CCC[C@H]1C(=O)O)c1ccccc1. The van der Waals surface area contributed by atoms with Crippen molar-refractivity contribution in [2.24, 2.45) is 5.73 Å². The lowest BCUT2D eigenvalue weighted by molar-refractivity contribution is -0.148. The second-order valence-corrected chi connectivity index (χ2v) is 4.42. The number of rotatable bonds is 3. The van der Waals surface area contributed by atoms with E-state index in [1.807, 2.05) is 6.07 Å². The number of carboxylic acid groups (broad SMARTS) is 1. The maximum atomic E-state index is 12.2. The monoisotopic (exact) mass is 248 g/mol. The molecule has 1 fully saturated rings. The van der Waals surface area contributed by atoms with Crippen LogP contribution in [0.2, 0.25) is 0 Å². The highest BCUT2D eigenvalue weighted by molar-refractivity contribution is 5.88. The smallest absolute Gasteiger partial charge is 0.326 e. The maximum absolute atomic E-state index is 12.2. The number of carbonyl (C=O) groups excluding carboxylic acids is 1. The second kappa shape index (κ2) is 5.18. The lowest BCUT2D eigenvalue weighted by Crippen LogP contribution is -2.44. The van der Waals surface area contributed by atoms with Crippen molar-refractivity contribution >= 4 is 11.9 Å². The van der Waals surface area contributed by atoms with E-state index in [1.165, 1.54) is 4.90 Å². The van der Waals surface area contributed by atoms with Crippen LogP contribution in [-0.2, 0) is 9.59 Å². The molecular weight excluding hydrogens is 232 g/mol. The number of hydrogen-bond acceptors (Lipinski definition) is 3. The van der Waals surface area contributed by atoms with E-state index in [0.29, 0.717) is 24.9 Å². The van der Waals surface area contributed by atoms with Crippen LogP contribution in [0.3, 0.4) is 0 Å². The van der Waals surface area contributed by atoms with Crippen molar-refractivity contribution in [3.63, 3.8) is 0 Å². The van der Waals surface area contributed by atoms with Crippen LogP contribution in [-0.4, -0.2) is 34.5 Å². The Kier molecular flexibility index (Phi) is 3.62. The topological polar surface area (TPSA) is 83.6 Å². The van der Waals surface area contributed by atoms with E-state index in [9.17, 15) is 9.59 Å². The van der Waals surface area contributed by atoms with Gasteiger partial charge in [0.25, 0.3) is 0 Å². The first kappa shape index (κ1) is 12.6. The van der Waals surface area contributed by atoms with Crippen molar-refractivity contribution < 1.29 is 14.7 Å². The van der Waals surface area contributed by atoms with Gasteiger partial charge in [-0.15, -0.1) is 0 Å². The van der Waals surface area contributed by atoms with Crippen molar-refractivity contribution in [1.29, 1.82) is 0 Å². The van der Waals surface area contributed by atoms with Gasteiger partial charge in [-0.2, -0.15) is 0 Å². The highest BCUT2D eigenvalue weighted by Gasteiger charge is 2.36. The molecule has 0 spiro atoms. The molecule has 0 saturated carbocycles. The zero-order valence-corrected chi connectivity index (χ0v) is 9.95. The Morgan fingerprint density at radius 2 is 2.00 bits per heavy atom. The predicted octanol–water partition coefficient (Wildman–Crippen LogP) is 0.762. The number of carbonyl (C=O) groups is 2. The minimum Gasteiger partial charge on any atom is -0.480 e. The number of benzene rings is 1. The molecule has 1 heterocycles. The van der Waals surface area contributed by atoms with Crippen LogP contribution in [0.4, 0.5) is 0 Å². The molecule has 0 radical (unpaired) electrons. The van der Waals surface area contributed by atoms with Gasteiger partial charge in [0.2, 0.25) is 5.91 Å². The van der Waals surface area contributed by atoms with Gasteiger partial charge in [-0.3, -0.25) is 4.79 Å². The molecule has 1 aliphatic heterocycles. The quantitative estimate of drug-likeness (QED) is 0.827. The fraction of sp³-hybridized carbons (Fsp3) is 0.385. The average Bonchev–Trinajstić information content (AvgIpc) is 2.87. The van der Waals surface area contributed by atoms with Crippen LogP contribution >= 0.6 is 0 Å². The molecule has 5 nitrogen and oxygen atoms in total. The highest BCUT2D eigenvalue weighted by Crippen LogP contribution is 2.22. The minimum atomic E-state index is -0.957. The Morgan fingerprint density at radius 1 is 1.33 bits per heavy atom. The molecular formula is C13H16N2O3. The van der Waals surface area contributed by atoms with Crippen molar-refractivity contribution in [2.45, 2.75) is 24.9 Å². The average molecular weight is 248 g/mol. The second-order valence-electron chi connectivity index (χ2n) is 4.42. The summed E-state index contributed by atoms with van der Waals surface area (Å²) in [6.45, 7) is 0.469. The summed E-state index contributed by atoms with van der Waals surface area (Å²) in [6.07, 6.45) is 1.22. The van der Waals surface area contributed by atoms with E-state index in [1.54, 1.807) is 24.3 Å². The number of carboxylic acids is 1. The first-order valence-electron chi connectivity index (χ1n) is 5.95. The molecule has 2 rings (SSSR count). The summed E-state index contributed by atoms with van der Waals surface area (Å²) >= 11 is 0. The van der Waals surface area contributed by atoms with E-state index < -0.39 is 18.1 Å². The standard InChI is InChI=1S/C13H16N2O3/c14-11(9-5-2-1-3-6-9)12(16)15-8-4-7-10(15)13(17)18/h1-3,5-6,10-11H,4,7-8,14H2,(H,17,18)/t10-,11?/m0/s1. The summed E-state index contributed by atoms with van der Waals surface area (Å²) in [5, 5.41) is 9.05. The van der Waals surface area contributed by atoms with Gasteiger partial charge in [-0.05, 0) is 18.4 Å². The Bertz CT molecular complexity index is 447. The molecule has 0 bridgehead atoms. The first-order valence-corrected chi connectivity index (χ1v) is 5.95. The van der Waals surface area contributed by atoms with Crippen molar-refractivity contribution in [2.75, 3.05) is 6.54 Å². The summed E-state index contributed by atoms with van der Waals surface area (Å²) in [7, 11) is 0. The largest absolute Gasteiger partial charge is 0.480 e. The van der Waals surface area contributed by atoms with Gasteiger partial charge in [-0.1, -0.05) is 30.3 Å². The summed E-state index contributed by atoms with van der Waals surface area (Å²) in [5.41, 5.74) is 6.60. The third-order valence-electron chi connectivity index (χ3n) is 3.25. The van der Waals surface area contributed by atoms with Crippen molar-refractivity contribution in [3.05, 3.63) is 35.9 Å². The zero-order chi connectivity index (χ0) is 13.1. The van der Waals surface area contributed by atoms with E-state index in [4.69, 9.17) is 10.8 Å². The van der Waals surface area contributed by atoms with Crippen LogP contribution < -0.4 is 5.73 Å². The molecule has 5 heteroatoms. The summed E-state index contributed by atoms with van der Waals surface area (Å²) < 4.78 is 0. The molecule has 2 atom stereocenters.